The molecule has 0 aliphatic carbocycles. The van der Waals surface area contributed by atoms with E-state index < -0.39 is 0 Å². The monoisotopic (exact) mass is 295 g/mol. The second kappa shape index (κ2) is 6.29. The van der Waals surface area contributed by atoms with Crippen LogP contribution in [0.3, 0.4) is 0 Å². The van der Waals surface area contributed by atoms with Crippen LogP contribution in [0.2, 0.25) is 10.0 Å². The second-order valence-corrected chi connectivity index (χ2v) is 5.14. The molecular weight excluding hydrogens is 281 g/mol. The van der Waals surface area contributed by atoms with Crippen LogP contribution in [0.15, 0.2) is 36.4 Å². The van der Waals surface area contributed by atoms with Crippen LogP contribution in [0.1, 0.15) is 11.1 Å². The smallest absolute Gasteiger partial charge is 0.147 e. The van der Waals surface area contributed by atoms with Gasteiger partial charge in [0.25, 0.3) is 0 Å². The second-order valence-electron chi connectivity index (χ2n) is 4.30. The highest BCUT2D eigenvalue weighted by molar-refractivity contribution is 6.34. The third kappa shape index (κ3) is 3.63. The quantitative estimate of drug-likeness (QED) is 0.874. The highest BCUT2D eigenvalue weighted by Gasteiger charge is 2.06. The molecule has 0 saturated heterocycles. The fourth-order valence-corrected chi connectivity index (χ4v) is 2.12. The van der Waals surface area contributed by atoms with Gasteiger partial charge in [0.05, 0.1) is 5.02 Å². The lowest BCUT2D eigenvalue weighted by Gasteiger charge is -2.11. The zero-order valence-electron chi connectivity index (χ0n) is 10.8. The summed E-state index contributed by atoms with van der Waals surface area (Å²) in [4.78, 5) is 0. The molecule has 2 nitrogen and oxygen atoms in total. The molecule has 0 saturated carbocycles. The van der Waals surface area contributed by atoms with Crippen molar-refractivity contribution >= 4 is 23.2 Å². The van der Waals surface area contributed by atoms with Gasteiger partial charge in [-0.1, -0.05) is 29.3 Å². The lowest BCUT2D eigenvalue weighted by molar-refractivity contribution is 0.482. The Hall–Kier alpha value is -1.22. The van der Waals surface area contributed by atoms with Gasteiger partial charge < -0.3 is 10.1 Å². The molecule has 2 aromatic carbocycles. The molecule has 100 valence electrons. The van der Waals surface area contributed by atoms with Gasteiger partial charge in [-0.25, -0.2) is 0 Å². The summed E-state index contributed by atoms with van der Waals surface area (Å²) in [6.07, 6.45) is 0. The molecule has 0 amide bonds. The van der Waals surface area contributed by atoms with Crippen LogP contribution in [0.4, 0.5) is 0 Å². The van der Waals surface area contributed by atoms with Gasteiger partial charge in [-0.2, -0.15) is 0 Å². The zero-order chi connectivity index (χ0) is 13.8. The third-order valence-corrected chi connectivity index (χ3v) is 3.35. The first kappa shape index (κ1) is 14.2. The lowest BCUT2D eigenvalue weighted by atomic mass is 10.1. The highest BCUT2D eigenvalue weighted by atomic mass is 35.5. The molecule has 0 fully saturated rings. The van der Waals surface area contributed by atoms with E-state index in [1.54, 1.807) is 18.2 Å². The normalized spacial score (nSPS) is 10.5. The van der Waals surface area contributed by atoms with E-state index in [2.05, 4.69) is 12.2 Å². The summed E-state index contributed by atoms with van der Waals surface area (Å²) in [7, 11) is 1.93. The maximum absolute atomic E-state index is 6.07. The van der Waals surface area contributed by atoms with Gasteiger partial charge in [0.2, 0.25) is 0 Å². The standard InChI is InChI=1S/C15H15Cl2NO/c1-10-7-13(5-3-11(10)9-18-2)19-15-8-12(16)4-6-14(15)17/h3-8,18H,9H2,1-2H3. The molecule has 2 aromatic rings. The van der Waals surface area contributed by atoms with Crippen molar-refractivity contribution < 1.29 is 4.74 Å². The van der Waals surface area contributed by atoms with Crippen molar-refractivity contribution in [2.75, 3.05) is 7.05 Å². The minimum absolute atomic E-state index is 0.543. The molecule has 0 aliphatic rings. The van der Waals surface area contributed by atoms with Crippen molar-refractivity contribution in [1.82, 2.24) is 5.32 Å². The molecule has 0 spiro atoms. The number of benzene rings is 2. The summed E-state index contributed by atoms with van der Waals surface area (Å²) in [6, 6.07) is 11.1. The van der Waals surface area contributed by atoms with E-state index in [-0.39, 0.29) is 0 Å². The summed E-state index contributed by atoms with van der Waals surface area (Å²) in [5, 5.41) is 4.27. The van der Waals surface area contributed by atoms with Crippen LogP contribution in [-0.2, 0) is 6.54 Å². The van der Waals surface area contributed by atoms with E-state index in [1.807, 2.05) is 25.2 Å². The molecule has 19 heavy (non-hydrogen) atoms. The Kier molecular flexibility index (Phi) is 4.70. The molecule has 0 radical (unpaired) electrons. The average Bonchev–Trinajstić information content (AvgIpc) is 2.37. The Morgan fingerprint density at radius 1 is 1.11 bits per heavy atom. The predicted molar refractivity (Wildman–Crippen MR) is 80.5 cm³/mol. The molecule has 4 heteroatoms. The van der Waals surface area contributed by atoms with E-state index in [0.717, 1.165) is 12.3 Å². The number of rotatable bonds is 4. The summed E-state index contributed by atoms with van der Waals surface area (Å²) >= 11 is 12.0. The third-order valence-electron chi connectivity index (χ3n) is 2.80. The van der Waals surface area contributed by atoms with Crippen LogP contribution in [-0.4, -0.2) is 7.05 Å². The van der Waals surface area contributed by atoms with E-state index in [0.29, 0.717) is 15.8 Å². The first-order valence-electron chi connectivity index (χ1n) is 5.97. The number of ether oxygens (including phenoxy) is 1. The number of aryl methyl sites for hydroxylation is 1. The van der Waals surface area contributed by atoms with Gasteiger partial charge in [-0.15, -0.1) is 0 Å². The SMILES string of the molecule is CNCc1ccc(Oc2cc(Cl)ccc2Cl)cc1C. The van der Waals surface area contributed by atoms with Gasteiger partial charge in [-0.05, 0) is 49.4 Å². The minimum Gasteiger partial charge on any atom is -0.456 e. The van der Waals surface area contributed by atoms with Gasteiger partial charge in [0, 0.05) is 17.6 Å². The van der Waals surface area contributed by atoms with Gasteiger partial charge in [0.1, 0.15) is 11.5 Å². The van der Waals surface area contributed by atoms with Crippen LogP contribution in [0.5, 0.6) is 11.5 Å². The Morgan fingerprint density at radius 3 is 2.58 bits per heavy atom. The van der Waals surface area contributed by atoms with E-state index in [1.165, 1.54) is 11.1 Å². The van der Waals surface area contributed by atoms with Crippen LogP contribution in [0.25, 0.3) is 0 Å². The van der Waals surface area contributed by atoms with Crippen LogP contribution < -0.4 is 10.1 Å². The Morgan fingerprint density at radius 2 is 1.89 bits per heavy atom. The number of halogens is 2. The van der Waals surface area contributed by atoms with Crippen molar-refractivity contribution in [3.63, 3.8) is 0 Å². The fourth-order valence-electron chi connectivity index (χ4n) is 1.80. The molecule has 0 heterocycles. The maximum Gasteiger partial charge on any atom is 0.147 e. The first-order valence-corrected chi connectivity index (χ1v) is 6.73. The predicted octanol–water partition coefficient (Wildman–Crippen LogP) is 4.81. The minimum atomic E-state index is 0.543. The summed E-state index contributed by atoms with van der Waals surface area (Å²) in [6.45, 7) is 2.89. The Labute approximate surface area is 123 Å². The van der Waals surface area contributed by atoms with Gasteiger partial charge in [0.15, 0.2) is 0 Å². The Bertz CT molecular complexity index is 584. The topological polar surface area (TPSA) is 21.3 Å². The Balaban J connectivity index is 2.24. The highest BCUT2D eigenvalue weighted by Crippen LogP contribution is 2.32. The molecule has 0 aliphatic heterocycles. The molecule has 0 unspecified atom stereocenters. The maximum atomic E-state index is 6.07. The van der Waals surface area contributed by atoms with Crippen LogP contribution >= 0.6 is 23.2 Å². The van der Waals surface area contributed by atoms with E-state index in [4.69, 9.17) is 27.9 Å². The zero-order valence-corrected chi connectivity index (χ0v) is 12.3. The number of hydrogen-bond donors (Lipinski definition) is 1. The summed E-state index contributed by atoms with van der Waals surface area (Å²) in [5.41, 5.74) is 2.41. The molecule has 0 aromatic heterocycles. The summed E-state index contributed by atoms with van der Waals surface area (Å²) < 4.78 is 5.77. The summed E-state index contributed by atoms with van der Waals surface area (Å²) in [5.74, 6) is 1.32. The van der Waals surface area contributed by atoms with Crippen molar-refractivity contribution in [2.45, 2.75) is 13.5 Å². The van der Waals surface area contributed by atoms with E-state index >= 15 is 0 Å². The lowest BCUT2D eigenvalue weighted by Crippen LogP contribution is -2.06. The largest absolute Gasteiger partial charge is 0.456 e. The van der Waals surface area contributed by atoms with Crippen molar-refractivity contribution in [3.05, 3.63) is 57.6 Å². The van der Waals surface area contributed by atoms with Crippen molar-refractivity contribution in [1.29, 1.82) is 0 Å². The molecule has 0 bridgehead atoms. The van der Waals surface area contributed by atoms with Crippen LogP contribution in [0, 0.1) is 6.92 Å². The molecule has 0 atom stereocenters. The van der Waals surface area contributed by atoms with Gasteiger partial charge in [-0.3, -0.25) is 0 Å². The average molecular weight is 296 g/mol. The van der Waals surface area contributed by atoms with Crippen molar-refractivity contribution in [2.24, 2.45) is 0 Å². The molecule has 1 N–H and O–H groups in total. The first-order chi connectivity index (χ1) is 9.10. The van der Waals surface area contributed by atoms with Crippen molar-refractivity contribution in [3.8, 4) is 11.5 Å². The van der Waals surface area contributed by atoms with Gasteiger partial charge >= 0.3 is 0 Å². The molecular formula is C15H15Cl2NO. The fraction of sp³-hybridized carbons (Fsp3) is 0.200. The number of hydrogen-bond acceptors (Lipinski definition) is 2. The van der Waals surface area contributed by atoms with E-state index in [9.17, 15) is 0 Å². The number of nitrogens with one attached hydrogen (secondary N) is 1. The molecule has 2 rings (SSSR count).